The Balaban J connectivity index is 1.99. The number of hydrogen-bond donors (Lipinski definition) is 1. The van der Waals surface area contributed by atoms with Crippen molar-refractivity contribution in [1.29, 1.82) is 0 Å². The van der Waals surface area contributed by atoms with Gasteiger partial charge in [-0.15, -0.1) is 0 Å². The van der Waals surface area contributed by atoms with Crippen molar-refractivity contribution < 1.29 is 8.42 Å². The highest BCUT2D eigenvalue weighted by atomic mass is 32.2. The van der Waals surface area contributed by atoms with Gasteiger partial charge < -0.3 is 5.73 Å². The molecule has 2 fully saturated rings. The van der Waals surface area contributed by atoms with Crippen molar-refractivity contribution in [3.8, 4) is 0 Å². The van der Waals surface area contributed by atoms with Crippen molar-refractivity contribution >= 4 is 10.0 Å². The number of hydrogen-bond acceptors (Lipinski definition) is 3. The quantitative estimate of drug-likeness (QED) is 0.832. The van der Waals surface area contributed by atoms with Gasteiger partial charge in [0.25, 0.3) is 0 Å². The topological polar surface area (TPSA) is 63.4 Å². The highest BCUT2D eigenvalue weighted by Gasteiger charge is 2.49. The molecule has 1 aliphatic carbocycles. The summed E-state index contributed by atoms with van der Waals surface area (Å²) in [4.78, 5) is 0. The van der Waals surface area contributed by atoms with Gasteiger partial charge in [0, 0.05) is 18.6 Å². The molecule has 1 saturated carbocycles. The smallest absolute Gasteiger partial charge is 0.217 e. The summed E-state index contributed by atoms with van der Waals surface area (Å²) in [6.45, 7) is 5.13. The fourth-order valence-corrected chi connectivity index (χ4v) is 4.92. The highest BCUT2D eigenvalue weighted by molar-refractivity contribution is 7.89. The van der Waals surface area contributed by atoms with Crippen LogP contribution in [0.25, 0.3) is 0 Å². The average molecular weight is 260 g/mol. The van der Waals surface area contributed by atoms with Crippen molar-refractivity contribution in [3.05, 3.63) is 0 Å². The van der Waals surface area contributed by atoms with Gasteiger partial charge in [0.15, 0.2) is 0 Å². The SMILES string of the molecule is CC(C)C1(N)CN(S(=O)(=O)C2CCCCC2)C1. The Morgan fingerprint density at radius 2 is 1.71 bits per heavy atom. The molecule has 0 aromatic carbocycles. The fourth-order valence-electron chi connectivity index (χ4n) is 2.73. The lowest BCUT2D eigenvalue weighted by atomic mass is 9.82. The minimum atomic E-state index is -3.08. The molecular formula is C12H24N2O2S. The van der Waals surface area contributed by atoms with E-state index in [4.69, 9.17) is 5.73 Å². The molecule has 0 bridgehead atoms. The van der Waals surface area contributed by atoms with E-state index in [0.717, 1.165) is 25.7 Å². The van der Waals surface area contributed by atoms with Gasteiger partial charge in [0.05, 0.1) is 5.25 Å². The second-order valence-corrected chi connectivity index (χ2v) is 8.17. The summed E-state index contributed by atoms with van der Waals surface area (Å²) >= 11 is 0. The van der Waals surface area contributed by atoms with E-state index in [1.165, 1.54) is 6.42 Å². The van der Waals surface area contributed by atoms with Crippen molar-refractivity contribution in [3.63, 3.8) is 0 Å². The largest absolute Gasteiger partial charge is 0.323 e. The lowest BCUT2D eigenvalue weighted by Crippen LogP contribution is -2.71. The van der Waals surface area contributed by atoms with Crippen molar-refractivity contribution in [2.45, 2.75) is 56.7 Å². The number of sulfonamides is 1. The van der Waals surface area contributed by atoms with Crippen LogP contribution in [0.15, 0.2) is 0 Å². The Bertz CT molecular complexity index is 366. The van der Waals surface area contributed by atoms with E-state index < -0.39 is 10.0 Å². The number of nitrogens with zero attached hydrogens (tertiary/aromatic N) is 1. The van der Waals surface area contributed by atoms with Gasteiger partial charge in [-0.05, 0) is 18.8 Å². The Morgan fingerprint density at radius 3 is 2.18 bits per heavy atom. The van der Waals surface area contributed by atoms with Gasteiger partial charge in [-0.2, -0.15) is 4.31 Å². The highest BCUT2D eigenvalue weighted by Crippen LogP contribution is 2.33. The number of rotatable bonds is 3. The lowest BCUT2D eigenvalue weighted by molar-refractivity contribution is 0.109. The van der Waals surface area contributed by atoms with Gasteiger partial charge >= 0.3 is 0 Å². The summed E-state index contributed by atoms with van der Waals surface area (Å²) in [7, 11) is -3.08. The second kappa shape index (κ2) is 4.52. The molecule has 0 aromatic rings. The van der Waals surface area contributed by atoms with Crippen molar-refractivity contribution in [2.75, 3.05) is 13.1 Å². The molecule has 17 heavy (non-hydrogen) atoms. The molecule has 1 saturated heterocycles. The monoisotopic (exact) mass is 260 g/mol. The molecule has 0 amide bonds. The zero-order chi connectivity index (χ0) is 12.7. The molecular weight excluding hydrogens is 236 g/mol. The summed E-state index contributed by atoms with van der Waals surface area (Å²) in [5.41, 5.74) is 5.85. The zero-order valence-electron chi connectivity index (χ0n) is 10.9. The first-order valence-electron chi connectivity index (χ1n) is 6.64. The summed E-state index contributed by atoms with van der Waals surface area (Å²) in [5.74, 6) is 0.334. The van der Waals surface area contributed by atoms with Crippen LogP contribution in [0.1, 0.15) is 46.0 Å². The summed E-state index contributed by atoms with van der Waals surface area (Å²) in [5, 5.41) is -0.145. The average Bonchev–Trinajstić information content (AvgIpc) is 2.25. The summed E-state index contributed by atoms with van der Waals surface area (Å²) < 4.78 is 26.3. The predicted molar refractivity (Wildman–Crippen MR) is 69.1 cm³/mol. The third kappa shape index (κ3) is 2.37. The van der Waals surface area contributed by atoms with E-state index in [9.17, 15) is 8.42 Å². The van der Waals surface area contributed by atoms with Crippen LogP contribution in [0.5, 0.6) is 0 Å². The van der Waals surface area contributed by atoms with Crippen LogP contribution in [0.4, 0.5) is 0 Å². The Kier molecular flexibility index (Phi) is 3.54. The molecule has 5 heteroatoms. The van der Waals surface area contributed by atoms with Crippen molar-refractivity contribution in [1.82, 2.24) is 4.31 Å². The number of nitrogens with two attached hydrogens (primary N) is 1. The third-order valence-corrected chi connectivity index (χ3v) is 6.72. The van der Waals surface area contributed by atoms with Gasteiger partial charge in [-0.25, -0.2) is 8.42 Å². The van der Waals surface area contributed by atoms with Crippen LogP contribution in [0.3, 0.4) is 0 Å². The Labute approximate surface area is 105 Å². The molecule has 4 nitrogen and oxygen atoms in total. The van der Waals surface area contributed by atoms with Crippen LogP contribution in [0, 0.1) is 5.92 Å². The maximum atomic E-state index is 12.3. The standard InChI is InChI=1S/C12H24N2O2S/c1-10(2)12(13)8-14(9-12)17(15,16)11-6-4-3-5-7-11/h10-11H,3-9,13H2,1-2H3. The molecule has 100 valence electrons. The van der Waals surface area contributed by atoms with E-state index in [1.807, 2.05) is 0 Å². The van der Waals surface area contributed by atoms with Gasteiger partial charge in [0.2, 0.25) is 10.0 Å². The first kappa shape index (κ1) is 13.3. The van der Waals surface area contributed by atoms with E-state index >= 15 is 0 Å². The van der Waals surface area contributed by atoms with Crippen LogP contribution < -0.4 is 5.73 Å². The van der Waals surface area contributed by atoms with Crippen LogP contribution in [-0.2, 0) is 10.0 Å². The maximum absolute atomic E-state index is 12.3. The molecule has 0 aromatic heterocycles. The molecule has 1 aliphatic heterocycles. The molecule has 2 N–H and O–H groups in total. The molecule has 1 heterocycles. The minimum absolute atomic E-state index is 0.145. The molecule has 0 unspecified atom stereocenters. The van der Waals surface area contributed by atoms with Crippen molar-refractivity contribution in [2.24, 2.45) is 11.7 Å². The Hall–Kier alpha value is -0.130. The molecule has 2 rings (SSSR count). The first-order valence-corrected chi connectivity index (χ1v) is 8.14. The van der Waals surface area contributed by atoms with E-state index in [0.29, 0.717) is 19.0 Å². The second-order valence-electron chi connectivity index (χ2n) is 5.96. The molecule has 0 atom stereocenters. The van der Waals surface area contributed by atoms with Crippen LogP contribution in [0.2, 0.25) is 0 Å². The zero-order valence-corrected chi connectivity index (χ0v) is 11.7. The van der Waals surface area contributed by atoms with E-state index in [1.54, 1.807) is 4.31 Å². The third-order valence-electron chi connectivity index (χ3n) is 4.42. The summed E-state index contributed by atoms with van der Waals surface area (Å²) in [6.07, 6.45) is 4.94. The van der Waals surface area contributed by atoms with Gasteiger partial charge in [-0.1, -0.05) is 33.1 Å². The van der Waals surface area contributed by atoms with E-state index in [2.05, 4.69) is 13.8 Å². The first-order chi connectivity index (χ1) is 7.86. The fraction of sp³-hybridized carbons (Fsp3) is 1.00. The molecule has 0 radical (unpaired) electrons. The van der Waals surface area contributed by atoms with Gasteiger partial charge in [0.1, 0.15) is 0 Å². The molecule has 2 aliphatic rings. The molecule has 0 spiro atoms. The van der Waals surface area contributed by atoms with Crippen LogP contribution >= 0.6 is 0 Å². The Morgan fingerprint density at radius 1 is 1.18 bits per heavy atom. The van der Waals surface area contributed by atoms with Crippen LogP contribution in [-0.4, -0.2) is 36.6 Å². The summed E-state index contributed by atoms with van der Waals surface area (Å²) in [6, 6.07) is 0. The van der Waals surface area contributed by atoms with E-state index in [-0.39, 0.29) is 10.8 Å². The lowest BCUT2D eigenvalue weighted by Gasteiger charge is -2.50. The minimum Gasteiger partial charge on any atom is -0.323 e. The van der Waals surface area contributed by atoms with Gasteiger partial charge in [-0.3, -0.25) is 0 Å². The maximum Gasteiger partial charge on any atom is 0.217 e. The normalized spacial score (nSPS) is 27.1. The predicted octanol–water partition coefficient (Wildman–Crippen LogP) is 1.32.